The molecule has 6 heterocycles. The number of aryl methyl sites for hydroxylation is 5. The van der Waals surface area contributed by atoms with Gasteiger partial charge in [0.1, 0.15) is 0 Å². The molecule has 13 nitrogen and oxygen atoms in total. The van der Waals surface area contributed by atoms with Gasteiger partial charge in [0.05, 0.1) is 16.8 Å². The Labute approximate surface area is 617 Å². The maximum Gasteiger partial charge on any atom is 0.373 e. The van der Waals surface area contributed by atoms with E-state index in [0.717, 1.165) is 36.8 Å². The molecule has 1 saturated heterocycles. The molecule has 6 unspecified atom stereocenters. The lowest BCUT2D eigenvalue weighted by atomic mass is 9.91. The molecular formula is C88H84N2O11S3. The highest BCUT2D eigenvalue weighted by atomic mass is 32.2. The standard InChI is InChI=1S/C12H10O2S.2C12H10S.C10H10O.2C10H12.2C8H7N.C4H6O2.2CO2.O2/c13-15(14)11-7-3-1-5-9(11)10-6-2-4-8-12(10)15;2*1-3-7-11-9(5-1)10-6-2-4-8-12(10)13-11;11-10-7-3-5-8-4-1-2-6-9(8)10;2*1-2-6-10-8-4-3-7-9(10)5-1;2*1-2-4-8-7(3-1)5-6-9-8;5-4-2-1-3-6-4;2*2-1-3;1-2/h1-9,11H;2*1-9,11H;1-2,4,6H,3,5,7H2;2*1-2,5-6H,3-4,7-8H2;2*1-6,9H;1-3H2;;;. The van der Waals surface area contributed by atoms with Crippen LogP contribution in [-0.4, -0.2) is 64.8 Å². The van der Waals surface area contributed by atoms with Crippen LogP contribution in [0.5, 0.6) is 0 Å². The number of cyclic esters (lactones) is 1. The molecule has 2 aromatic heterocycles. The molecule has 20 rings (SSSR count). The summed E-state index contributed by atoms with van der Waals surface area (Å²) < 4.78 is 28.8. The van der Waals surface area contributed by atoms with Crippen LogP contribution in [0.4, 0.5) is 0 Å². The van der Waals surface area contributed by atoms with Gasteiger partial charge in [-0.1, -0.05) is 237 Å². The number of sulfone groups is 1. The first-order valence-corrected chi connectivity index (χ1v) is 38.4. The van der Waals surface area contributed by atoms with E-state index in [0.29, 0.717) is 46.0 Å². The van der Waals surface area contributed by atoms with Crippen molar-refractivity contribution in [2.24, 2.45) is 0 Å². The zero-order chi connectivity index (χ0) is 73.1. The van der Waals surface area contributed by atoms with Gasteiger partial charge in [0, 0.05) is 89.8 Å². The fourth-order valence-corrected chi connectivity index (χ4v) is 18.4. The highest BCUT2D eigenvalue weighted by molar-refractivity contribution is 8.00. The fraction of sp³-hybridized carbons (Fsp3) is 0.227. The molecule has 4 aliphatic heterocycles. The average Bonchev–Trinajstić information content (AvgIpc) is 1.59. The number of Topliss-reactive ketones (excluding diaryl/α,β-unsaturated/α-hetero) is 1. The van der Waals surface area contributed by atoms with Crippen molar-refractivity contribution in [3.8, 4) is 0 Å². The van der Waals surface area contributed by atoms with E-state index < -0.39 is 9.84 Å². The normalized spacial score (nSPS) is 19.5. The molecule has 0 amide bonds. The third kappa shape index (κ3) is 21.7. The maximum absolute atomic E-state index is 12.1. The molecule has 1 fully saturated rings. The molecule has 6 atom stereocenters. The van der Waals surface area contributed by atoms with Crippen LogP contribution in [-0.2, 0) is 70.7 Å². The van der Waals surface area contributed by atoms with Crippen molar-refractivity contribution >= 4 is 79.2 Å². The predicted octanol–water partition coefficient (Wildman–Crippen LogP) is 19.7. The Hall–Kier alpha value is -10.6. The minimum Gasteiger partial charge on any atom is -0.466 e. The topological polar surface area (TPSA) is 212 Å². The van der Waals surface area contributed by atoms with Crippen molar-refractivity contribution < 1.29 is 41.9 Å². The SMILES string of the molecule is C1=CC2Sc3ccccc3C2C=C1.C1=CC2Sc3ccccc3C2C=C1.O=C1CCCO1.O=C1CCCc2ccccc21.O=C=O.O=C=O.O=O.O=S1(=O)c2ccccc2C2C=CC=CC21.c1ccc2[nH]ccc2c1.c1ccc2[nH]ccc2c1.c1ccc2c(c1)CCCC2.c1ccc2c(c1)CCCC2. The Morgan fingerprint density at radius 2 is 0.760 bits per heavy atom. The number of ether oxygens (including phenoxy) is 1. The second-order valence-corrected chi connectivity index (χ2v) is 29.7. The second-order valence-electron chi connectivity index (χ2n) is 25.2. The Morgan fingerprint density at radius 3 is 1.20 bits per heavy atom. The van der Waals surface area contributed by atoms with Gasteiger partial charge in [0.15, 0.2) is 15.6 Å². The zero-order valence-corrected chi connectivity index (χ0v) is 60.2. The summed E-state index contributed by atoms with van der Waals surface area (Å²) in [6.45, 7) is 0.638. The van der Waals surface area contributed by atoms with Crippen molar-refractivity contribution in [1.82, 2.24) is 9.97 Å². The number of hydrogen-bond acceptors (Lipinski definition) is 13. The molecule has 530 valence electrons. The molecule has 0 radical (unpaired) electrons. The molecule has 6 aliphatic carbocycles. The quantitative estimate of drug-likeness (QED) is 0.135. The number of benzene rings is 8. The summed E-state index contributed by atoms with van der Waals surface area (Å²) >= 11 is 3.96. The molecular weight excluding hydrogens is 1360 g/mol. The number of aromatic nitrogens is 2. The van der Waals surface area contributed by atoms with Crippen LogP contribution >= 0.6 is 23.5 Å². The van der Waals surface area contributed by atoms with Crippen LogP contribution in [0.1, 0.15) is 124 Å². The predicted molar refractivity (Wildman–Crippen MR) is 416 cm³/mol. The summed E-state index contributed by atoms with van der Waals surface area (Å²) in [7, 11) is -3.14. The van der Waals surface area contributed by atoms with Gasteiger partial charge in [0.2, 0.25) is 0 Å². The number of allylic oxidation sites excluding steroid dienone is 9. The molecule has 16 heteroatoms. The number of hydrogen-bond donors (Lipinski definition) is 2. The first-order chi connectivity index (χ1) is 51.1. The van der Waals surface area contributed by atoms with Crippen LogP contribution in [0.15, 0.2) is 306 Å². The van der Waals surface area contributed by atoms with Gasteiger partial charge >= 0.3 is 18.3 Å². The highest BCUT2D eigenvalue weighted by Crippen LogP contribution is 2.49. The molecule has 0 bridgehead atoms. The average molecular weight is 1440 g/mol. The number of rotatable bonds is 0. The second kappa shape index (κ2) is 41.5. The van der Waals surface area contributed by atoms with E-state index in [4.69, 9.17) is 29.1 Å². The first-order valence-electron chi connectivity index (χ1n) is 35.1. The lowest BCUT2D eigenvalue weighted by molar-refractivity contribution is -0.193. The molecule has 10 aromatic rings. The molecule has 104 heavy (non-hydrogen) atoms. The van der Waals surface area contributed by atoms with E-state index in [1.54, 1.807) is 40.5 Å². The Morgan fingerprint density at radius 1 is 0.375 bits per heavy atom. The van der Waals surface area contributed by atoms with Gasteiger partial charge in [-0.25, -0.2) is 8.42 Å². The number of fused-ring (bicyclic) bond motifs is 14. The number of esters is 1. The Kier molecular flexibility index (Phi) is 31.0. The highest BCUT2D eigenvalue weighted by Gasteiger charge is 2.42. The van der Waals surface area contributed by atoms with E-state index in [1.807, 2.05) is 115 Å². The third-order valence-corrected chi connectivity index (χ3v) is 23.5. The van der Waals surface area contributed by atoms with Crippen molar-refractivity contribution in [3.05, 3.63) is 352 Å². The van der Waals surface area contributed by atoms with Gasteiger partial charge < -0.3 is 14.7 Å². The molecule has 0 saturated carbocycles. The van der Waals surface area contributed by atoms with Crippen LogP contribution in [0.25, 0.3) is 21.8 Å². The summed E-state index contributed by atoms with van der Waals surface area (Å²) in [6.07, 6.45) is 44.8. The first kappa shape index (κ1) is 77.6. The zero-order valence-electron chi connectivity index (χ0n) is 57.8. The van der Waals surface area contributed by atoms with Crippen molar-refractivity contribution in [2.75, 3.05) is 6.61 Å². The van der Waals surface area contributed by atoms with Gasteiger partial charge in [-0.15, -0.1) is 23.5 Å². The Bertz CT molecular complexity index is 4490. The Balaban J connectivity index is 0.000000135. The number of carbonyl (C=O) groups excluding carboxylic acids is 6. The lowest BCUT2D eigenvalue weighted by Crippen LogP contribution is -2.18. The largest absolute Gasteiger partial charge is 0.466 e. The van der Waals surface area contributed by atoms with Crippen LogP contribution < -0.4 is 0 Å². The monoisotopic (exact) mass is 1440 g/mol. The van der Waals surface area contributed by atoms with E-state index >= 15 is 0 Å². The smallest absolute Gasteiger partial charge is 0.373 e. The van der Waals surface area contributed by atoms with Crippen LogP contribution in [0.2, 0.25) is 0 Å². The van der Waals surface area contributed by atoms with E-state index in [-0.39, 0.29) is 29.4 Å². The number of para-hydroxylation sites is 2. The van der Waals surface area contributed by atoms with Crippen molar-refractivity contribution in [3.63, 3.8) is 0 Å². The molecule has 8 aromatic carbocycles. The molecule has 10 aliphatic rings. The summed E-state index contributed by atoms with van der Waals surface area (Å²) in [5.41, 5.74) is 14.8. The van der Waals surface area contributed by atoms with E-state index in [1.165, 1.54) is 99.7 Å². The summed E-state index contributed by atoms with van der Waals surface area (Å²) in [6, 6.07) is 70.8. The summed E-state index contributed by atoms with van der Waals surface area (Å²) in [5, 5.41) is 3.44. The maximum atomic E-state index is 12.1. The lowest BCUT2D eigenvalue weighted by Gasteiger charge is -2.14. The number of thioether (sulfide) groups is 2. The molecule has 0 spiro atoms. The number of carbonyl (C=O) groups is 2. The van der Waals surface area contributed by atoms with Crippen molar-refractivity contribution in [2.45, 2.75) is 132 Å². The third-order valence-electron chi connectivity index (χ3n) is 18.7. The minimum absolute atomic E-state index is 0.0104. The van der Waals surface area contributed by atoms with E-state index in [9.17, 15) is 18.0 Å². The summed E-state index contributed by atoms with van der Waals surface area (Å²) in [4.78, 5) is 77.4. The fourth-order valence-electron chi connectivity index (χ4n) is 13.7. The number of nitrogens with one attached hydrogen (secondary N) is 2. The number of ketones is 1. The minimum atomic E-state index is -3.14. The number of H-pyrrole nitrogens is 2. The van der Waals surface area contributed by atoms with Crippen LogP contribution in [0, 0.1) is 9.93 Å². The van der Waals surface area contributed by atoms with E-state index in [2.05, 4.69) is 197 Å². The summed E-state index contributed by atoms with van der Waals surface area (Å²) in [5.74, 6) is 1.51. The molecule has 2 N–H and O–H groups in total. The van der Waals surface area contributed by atoms with Gasteiger partial charge in [-0.2, -0.15) is 19.2 Å². The van der Waals surface area contributed by atoms with Gasteiger partial charge in [0.25, 0.3) is 0 Å². The number of aromatic amines is 2. The van der Waals surface area contributed by atoms with Crippen molar-refractivity contribution in [1.29, 1.82) is 0 Å². The van der Waals surface area contributed by atoms with Gasteiger partial charge in [-0.05, 0) is 168 Å². The van der Waals surface area contributed by atoms with Crippen LogP contribution in [0.3, 0.4) is 0 Å². The van der Waals surface area contributed by atoms with Gasteiger partial charge in [-0.3, -0.25) is 9.59 Å².